The standard InChI is InChI=1S/C12H16BrNO2/c1-7-6-8(15)11(16)10(13)9(7)12(14)4-2-3-5-12/h6,15-16H,2-5,14H2,1H3. The van der Waals surface area contributed by atoms with Gasteiger partial charge in [0.25, 0.3) is 0 Å². The molecule has 1 aromatic rings. The van der Waals surface area contributed by atoms with Crippen molar-refractivity contribution < 1.29 is 10.2 Å². The summed E-state index contributed by atoms with van der Waals surface area (Å²) in [5.74, 6) is -0.216. The van der Waals surface area contributed by atoms with E-state index in [-0.39, 0.29) is 17.0 Å². The molecule has 1 fully saturated rings. The first-order valence-corrected chi connectivity index (χ1v) is 6.25. The quantitative estimate of drug-likeness (QED) is 0.695. The molecule has 0 spiro atoms. The Hall–Kier alpha value is -0.740. The molecule has 3 nitrogen and oxygen atoms in total. The van der Waals surface area contributed by atoms with Crippen LogP contribution in [-0.2, 0) is 5.54 Å². The minimum absolute atomic E-state index is 0.102. The van der Waals surface area contributed by atoms with Gasteiger partial charge in [-0.15, -0.1) is 0 Å². The fraction of sp³-hybridized carbons (Fsp3) is 0.500. The van der Waals surface area contributed by atoms with E-state index < -0.39 is 0 Å². The summed E-state index contributed by atoms with van der Waals surface area (Å²) in [6.07, 6.45) is 4.08. The number of aryl methyl sites for hydroxylation is 1. The molecule has 1 aromatic carbocycles. The predicted molar refractivity (Wildman–Crippen MR) is 66.5 cm³/mol. The number of phenolic OH excluding ortho intramolecular Hbond substituents is 2. The summed E-state index contributed by atoms with van der Waals surface area (Å²) in [7, 11) is 0. The lowest BCUT2D eigenvalue weighted by molar-refractivity contribution is 0.393. The van der Waals surface area contributed by atoms with Crippen LogP contribution in [0.3, 0.4) is 0 Å². The lowest BCUT2D eigenvalue weighted by atomic mass is 9.86. The summed E-state index contributed by atoms with van der Waals surface area (Å²) in [6, 6.07) is 1.57. The van der Waals surface area contributed by atoms with E-state index in [0.717, 1.165) is 36.8 Å². The second kappa shape index (κ2) is 3.93. The Morgan fingerprint density at radius 1 is 1.31 bits per heavy atom. The molecule has 4 heteroatoms. The van der Waals surface area contributed by atoms with Crippen molar-refractivity contribution in [1.29, 1.82) is 0 Å². The molecular weight excluding hydrogens is 270 g/mol. The lowest BCUT2D eigenvalue weighted by Gasteiger charge is -2.28. The molecule has 1 saturated carbocycles. The number of hydrogen-bond acceptors (Lipinski definition) is 3. The smallest absolute Gasteiger partial charge is 0.172 e. The molecule has 0 aliphatic heterocycles. The van der Waals surface area contributed by atoms with Crippen LogP contribution in [-0.4, -0.2) is 10.2 Å². The van der Waals surface area contributed by atoms with Gasteiger partial charge in [-0.2, -0.15) is 0 Å². The van der Waals surface area contributed by atoms with Gasteiger partial charge in [-0.25, -0.2) is 0 Å². The van der Waals surface area contributed by atoms with Gasteiger partial charge in [-0.05, 0) is 52.9 Å². The highest BCUT2D eigenvalue weighted by molar-refractivity contribution is 9.10. The molecular formula is C12H16BrNO2. The number of benzene rings is 1. The zero-order chi connectivity index (χ0) is 11.9. The molecule has 0 unspecified atom stereocenters. The van der Waals surface area contributed by atoms with Crippen LogP contribution in [0.5, 0.6) is 11.5 Å². The van der Waals surface area contributed by atoms with Gasteiger partial charge < -0.3 is 15.9 Å². The van der Waals surface area contributed by atoms with Crippen molar-refractivity contribution in [3.05, 3.63) is 21.7 Å². The Labute approximate surface area is 103 Å². The Balaban J connectivity index is 2.60. The van der Waals surface area contributed by atoms with Gasteiger partial charge in [0, 0.05) is 5.54 Å². The van der Waals surface area contributed by atoms with Gasteiger partial charge in [-0.1, -0.05) is 12.8 Å². The third kappa shape index (κ3) is 1.70. The van der Waals surface area contributed by atoms with Crippen LogP contribution in [0, 0.1) is 6.92 Å². The first kappa shape index (κ1) is 11.7. The highest BCUT2D eigenvalue weighted by atomic mass is 79.9. The number of phenols is 2. The van der Waals surface area contributed by atoms with E-state index in [0.29, 0.717) is 4.47 Å². The Bertz CT molecular complexity index is 426. The minimum atomic E-state index is -0.367. The van der Waals surface area contributed by atoms with Crippen molar-refractivity contribution in [1.82, 2.24) is 0 Å². The molecule has 0 radical (unpaired) electrons. The summed E-state index contributed by atoms with van der Waals surface area (Å²) in [6.45, 7) is 1.91. The van der Waals surface area contributed by atoms with Gasteiger partial charge >= 0.3 is 0 Å². The van der Waals surface area contributed by atoms with Crippen LogP contribution >= 0.6 is 15.9 Å². The highest BCUT2D eigenvalue weighted by Crippen LogP contribution is 2.46. The van der Waals surface area contributed by atoms with Gasteiger partial charge in [0.15, 0.2) is 11.5 Å². The molecule has 0 bridgehead atoms. The van der Waals surface area contributed by atoms with E-state index in [4.69, 9.17) is 5.73 Å². The predicted octanol–water partition coefficient (Wildman–Crippen LogP) is 2.90. The summed E-state index contributed by atoms with van der Waals surface area (Å²) in [4.78, 5) is 0. The van der Waals surface area contributed by atoms with E-state index in [1.54, 1.807) is 6.07 Å². The van der Waals surface area contributed by atoms with Crippen LogP contribution in [0.15, 0.2) is 10.5 Å². The molecule has 0 atom stereocenters. The van der Waals surface area contributed by atoms with E-state index in [1.807, 2.05) is 6.92 Å². The molecule has 16 heavy (non-hydrogen) atoms. The first-order valence-electron chi connectivity index (χ1n) is 5.46. The van der Waals surface area contributed by atoms with Gasteiger partial charge in [0.05, 0.1) is 4.47 Å². The van der Waals surface area contributed by atoms with Crippen LogP contribution in [0.1, 0.15) is 36.8 Å². The maximum Gasteiger partial charge on any atom is 0.172 e. The number of halogens is 1. The van der Waals surface area contributed by atoms with Crippen molar-refractivity contribution in [2.45, 2.75) is 38.1 Å². The Kier molecular flexibility index (Phi) is 2.88. The topological polar surface area (TPSA) is 66.5 Å². The highest BCUT2D eigenvalue weighted by Gasteiger charge is 2.35. The fourth-order valence-electron chi connectivity index (χ4n) is 2.62. The van der Waals surface area contributed by atoms with E-state index in [2.05, 4.69) is 15.9 Å². The monoisotopic (exact) mass is 285 g/mol. The summed E-state index contributed by atoms with van der Waals surface area (Å²) in [5, 5.41) is 19.2. The van der Waals surface area contributed by atoms with Crippen molar-refractivity contribution in [2.75, 3.05) is 0 Å². The zero-order valence-corrected chi connectivity index (χ0v) is 10.8. The largest absolute Gasteiger partial charge is 0.504 e. The van der Waals surface area contributed by atoms with Crippen molar-refractivity contribution in [2.24, 2.45) is 5.73 Å². The molecule has 2 rings (SSSR count). The Morgan fingerprint density at radius 3 is 2.44 bits per heavy atom. The molecule has 0 heterocycles. The molecule has 88 valence electrons. The number of rotatable bonds is 1. The van der Waals surface area contributed by atoms with Crippen molar-refractivity contribution in [3.63, 3.8) is 0 Å². The van der Waals surface area contributed by atoms with Gasteiger partial charge in [0.1, 0.15) is 0 Å². The van der Waals surface area contributed by atoms with Gasteiger partial charge in [0.2, 0.25) is 0 Å². The minimum Gasteiger partial charge on any atom is -0.504 e. The Morgan fingerprint density at radius 2 is 1.88 bits per heavy atom. The molecule has 1 aliphatic rings. The average Bonchev–Trinajstić information content (AvgIpc) is 2.62. The normalized spacial score (nSPS) is 18.9. The number of hydrogen-bond donors (Lipinski definition) is 3. The third-order valence-corrected chi connectivity index (χ3v) is 4.18. The SMILES string of the molecule is Cc1cc(O)c(O)c(Br)c1C1(N)CCCC1. The summed E-state index contributed by atoms with van der Waals surface area (Å²) in [5.41, 5.74) is 7.86. The van der Waals surface area contributed by atoms with Gasteiger partial charge in [-0.3, -0.25) is 0 Å². The van der Waals surface area contributed by atoms with Crippen LogP contribution < -0.4 is 5.73 Å². The maximum absolute atomic E-state index is 9.73. The number of aromatic hydroxyl groups is 2. The maximum atomic E-state index is 9.73. The molecule has 1 aliphatic carbocycles. The third-order valence-electron chi connectivity index (χ3n) is 3.41. The van der Waals surface area contributed by atoms with Crippen LogP contribution in [0.4, 0.5) is 0 Å². The molecule has 4 N–H and O–H groups in total. The second-order valence-corrected chi connectivity index (χ2v) is 5.41. The fourth-order valence-corrected chi connectivity index (χ4v) is 3.53. The lowest BCUT2D eigenvalue weighted by Crippen LogP contribution is -2.34. The van der Waals surface area contributed by atoms with Crippen LogP contribution in [0.25, 0.3) is 0 Å². The zero-order valence-electron chi connectivity index (χ0n) is 9.26. The summed E-state index contributed by atoms with van der Waals surface area (Å²) >= 11 is 3.34. The second-order valence-electron chi connectivity index (χ2n) is 4.61. The summed E-state index contributed by atoms with van der Waals surface area (Å²) < 4.78 is 0.536. The van der Waals surface area contributed by atoms with Crippen molar-refractivity contribution in [3.8, 4) is 11.5 Å². The van der Waals surface area contributed by atoms with Crippen molar-refractivity contribution >= 4 is 15.9 Å². The average molecular weight is 286 g/mol. The van der Waals surface area contributed by atoms with E-state index in [1.165, 1.54) is 0 Å². The molecule has 0 amide bonds. The number of nitrogens with two attached hydrogens (primary N) is 1. The molecule has 0 saturated heterocycles. The van der Waals surface area contributed by atoms with Crippen LogP contribution in [0.2, 0.25) is 0 Å². The molecule has 0 aromatic heterocycles. The van der Waals surface area contributed by atoms with E-state index in [9.17, 15) is 10.2 Å². The first-order chi connectivity index (χ1) is 7.46. The van der Waals surface area contributed by atoms with E-state index >= 15 is 0 Å².